The Morgan fingerprint density at radius 2 is 2.07 bits per heavy atom. The van der Waals surface area contributed by atoms with Crippen molar-refractivity contribution in [3.63, 3.8) is 0 Å². The lowest BCUT2D eigenvalue weighted by Crippen LogP contribution is -1.95. The van der Waals surface area contributed by atoms with Gasteiger partial charge < -0.3 is 9.47 Å². The molecule has 0 aliphatic rings. The molecule has 15 heavy (non-hydrogen) atoms. The first kappa shape index (κ1) is 11.7. The van der Waals surface area contributed by atoms with E-state index in [1.54, 1.807) is 20.3 Å². The van der Waals surface area contributed by atoms with E-state index in [2.05, 4.69) is 6.07 Å². The molecule has 0 aliphatic carbocycles. The maximum absolute atomic E-state index is 8.51. The Morgan fingerprint density at radius 3 is 2.60 bits per heavy atom. The molecule has 0 fully saturated rings. The van der Waals surface area contributed by atoms with Crippen molar-refractivity contribution in [2.75, 3.05) is 14.2 Å². The molecule has 3 nitrogen and oxygen atoms in total. The second-order valence-corrected chi connectivity index (χ2v) is 3.31. The molecule has 0 aromatic heterocycles. The second-order valence-electron chi connectivity index (χ2n) is 2.93. The second kappa shape index (κ2) is 5.47. The summed E-state index contributed by atoms with van der Waals surface area (Å²) in [6, 6.07) is 5.72. The summed E-state index contributed by atoms with van der Waals surface area (Å²) < 4.78 is 10.3. The molecule has 0 saturated heterocycles. The molecule has 0 unspecified atom stereocenters. The van der Waals surface area contributed by atoms with Gasteiger partial charge in [0.05, 0.1) is 20.3 Å². The van der Waals surface area contributed by atoms with Crippen molar-refractivity contribution in [1.82, 2.24) is 0 Å². The van der Waals surface area contributed by atoms with E-state index >= 15 is 0 Å². The van der Waals surface area contributed by atoms with Crippen LogP contribution >= 0.6 is 11.6 Å². The molecule has 0 heterocycles. The van der Waals surface area contributed by atoms with Crippen molar-refractivity contribution in [1.29, 1.82) is 5.26 Å². The third-order valence-corrected chi connectivity index (χ3v) is 2.43. The first-order valence-corrected chi connectivity index (χ1v) is 4.88. The van der Waals surface area contributed by atoms with Crippen LogP contribution < -0.4 is 9.47 Å². The predicted octanol–water partition coefficient (Wildman–Crippen LogP) is 2.81. The summed E-state index contributed by atoms with van der Waals surface area (Å²) in [4.78, 5) is 0. The number of ether oxygens (including phenoxy) is 2. The van der Waals surface area contributed by atoms with Gasteiger partial charge in [-0.3, -0.25) is 0 Å². The fourth-order valence-corrected chi connectivity index (χ4v) is 1.68. The summed E-state index contributed by atoms with van der Waals surface area (Å²) in [5, 5.41) is 8.97. The maximum atomic E-state index is 8.51. The number of methoxy groups -OCH3 is 2. The predicted molar refractivity (Wildman–Crippen MR) is 58.5 cm³/mol. The summed E-state index contributed by atoms with van der Waals surface area (Å²) in [5.74, 6) is 1.17. The molecule has 0 spiro atoms. The maximum Gasteiger partial charge on any atom is 0.144 e. The molecule has 0 saturated carbocycles. The number of rotatable bonds is 4. The molecule has 1 aromatic rings. The Kier molecular flexibility index (Phi) is 4.26. The Hall–Kier alpha value is -1.40. The fourth-order valence-electron chi connectivity index (χ4n) is 1.34. The molecule has 0 aliphatic heterocycles. The van der Waals surface area contributed by atoms with Crippen molar-refractivity contribution in [2.45, 2.75) is 12.8 Å². The van der Waals surface area contributed by atoms with E-state index in [0.29, 0.717) is 29.4 Å². The first-order valence-electron chi connectivity index (χ1n) is 4.51. The van der Waals surface area contributed by atoms with Crippen LogP contribution in [0.25, 0.3) is 0 Å². The van der Waals surface area contributed by atoms with E-state index in [9.17, 15) is 0 Å². The van der Waals surface area contributed by atoms with E-state index in [-0.39, 0.29) is 0 Å². The lowest BCUT2D eigenvalue weighted by molar-refractivity contribution is 0.391. The lowest BCUT2D eigenvalue weighted by Gasteiger charge is -2.11. The van der Waals surface area contributed by atoms with Gasteiger partial charge in [-0.15, -0.1) is 0 Å². The SMILES string of the molecule is COc1ccc(CCC#N)c(OC)c1Cl. The summed E-state index contributed by atoms with van der Waals surface area (Å²) in [6.45, 7) is 0. The van der Waals surface area contributed by atoms with Crippen LogP contribution in [0.2, 0.25) is 5.02 Å². The van der Waals surface area contributed by atoms with Gasteiger partial charge in [0, 0.05) is 6.42 Å². The van der Waals surface area contributed by atoms with Gasteiger partial charge in [-0.05, 0) is 18.1 Å². The van der Waals surface area contributed by atoms with Crippen LogP contribution in [0.4, 0.5) is 0 Å². The largest absolute Gasteiger partial charge is 0.495 e. The van der Waals surface area contributed by atoms with Crippen molar-refractivity contribution in [2.24, 2.45) is 0 Å². The highest BCUT2D eigenvalue weighted by Gasteiger charge is 2.12. The lowest BCUT2D eigenvalue weighted by atomic mass is 10.1. The standard InChI is InChI=1S/C11H12ClNO2/c1-14-9-6-5-8(4-3-7-13)11(15-2)10(9)12/h5-6H,3-4H2,1-2H3. The summed E-state index contributed by atoms with van der Waals surface area (Å²) in [7, 11) is 3.10. The van der Waals surface area contributed by atoms with E-state index < -0.39 is 0 Å². The monoisotopic (exact) mass is 225 g/mol. The molecule has 80 valence electrons. The average Bonchev–Trinajstić information content (AvgIpc) is 2.26. The zero-order valence-corrected chi connectivity index (χ0v) is 9.47. The van der Waals surface area contributed by atoms with Crippen LogP contribution in [0.5, 0.6) is 11.5 Å². The minimum atomic E-state index is 0.443. The number of nitriles is 1. The van der Waals surface area contributed by atoms with Crippen LogP contribution in [0, 0.1) is 11.3 Å². The highest BCUT2D eigenvalue weighted by atomic mass is 35.5. The zero-order valence-electron chi connectivity index (χ0n) is 8.71. The minimum Gasteiger partial charge on any atom is -0.495 e. The Balaban J connectivity index is 3.08. The molecule has 1 aromatic carbocycles. The van der Waals surface area contributed by atoms with Crippen LogP contribution in [0.1, 0.15) is 12.0 Å². The van der Waals surface area contributed by atoms with Gasteiger partial charge >= 0.3 is 0 Å². The van der Waals surface area contributed by atoms with Crippen molar-refractivity contribution >= 4 is 11.6 Å². The summed E-state index contributed by atoms with van der Waals surface area (Å²) in [6.07, 6.45) is 1.07. The molecular formula is C11H12ClNO2. The van der Waals surface area contributed by atoms with Gasteiger partial charge in [0.1, 0.15) is 16.5 Å². The smallest absolute Gasteiger partial charge is 0.144 e. The molecule has 0 N–H and O–H groups in total. The normalized spacial score (nSPS) is 9.47. The number of halogens is 1. The molecule has 0 radical (unpaired) electrons. The third-order valence-electron chi connectivity index (χ3n) is 2.07. The number of nitrogens with zero attached hydrogens (tertiary/aromatic N) is 1. The van der Waals surface area contributed by atoms with E-state index in [4.69, 9.17) is 26.3 Å². The summed E-state index contributed by atoms with van der Waals surface area (Å²) >= 11 is 6.06. The van der Waals surface area contributed by atoms with Crippen LogP contribution in [-0.2, 0) is 6.42 Å². The van der Waals surface area contributed by atoms with Gasteiger partial charge in [0.15, 0.2) is 0 Å². The molecular weight excluding hydrogens is 214 g/mol. The van der Waals surface area contributed by atoms with Crippen molar-refractivity contribution in [3.05, 3.63) is 22.7 Å². The average molecular weight is 226 g/mol. The number of aryl methyl sites for hydroxylation is 1. The summed E-state index contributed by atoms with van der Waals surface area (Å²) in [5.41, 5.74) is 0.921. The van der Waals surface area contributed by atoms with Gasteiger partial charge in [0.2, 0.25) is 0 Å². The molecule has 0 bridgehead atoms. The number of benzene rings is 1. The zero-order chi connectivity index (χ0) is 11.3. The van der Waals surface area contributed by atoms with Gasteiger partial charge in [-0.2, -0.15) is 5.26 Å². The Bertz CT molecular complexity index is 385. The van der Waals surface area contributed by atoms with Gasteiger partial charge in [0.25, 0.3) is 0 Å². The Morgan fingerprint density at radius 1 is 1.33 bits per heavy atom. The van der Waals surface area contributed by atoms with E-state index in [1.165, 1.54) is 0 Å². The van der Waals surface area contributed by atoms with E-state index in [1.807, 2.05) is 6.07 Å². The first-order chi connectivity index (χ1) is 7.24. The molecule has 4 heteroatoms. The highest BCUT2D eigenvalue weighted by molar-refractivity contribution is 6.33. The van der Waals surface area contributed by atoms with Crippen molar-refractivity contribution in [3.8, 4) is 17.6 Å². The topological polar surface area (TPSA) is 42.2 Å². The highest BCUT2D eigenvalue weighted by Crippen LogP contribution is 2.37. The van der Waals surface area contributed by atoms with Gasteiger partial charge in [-0.25, -0.2) is 0 Å². The quantitative estimate of drug-likeness (QED) is 0.791. The third kappa shape index (κ3) is 2.54. The number of hydrogen-bond donors (Lipinski definition) is 0. The van der Waals surface area contributed by atoms with Crippen LogP contribution in [-0.4, -0.2) is 14.2 Å². The van der Waals surface area contributed by atoms with Gasteiger partial charge in [-0.1, -0.05) is 17.7 Å². The van der Waals surface area contributed by atoms with Crippen molar-refractivity contribution < 1.29 is 9.47 Å². The fraction of sp³-hybridized carbons (Fsp3) is 0.364. The Labute approximate surface area is 94.2 Å². The molecule has 0 atom stereocenters. The minimum absolute atomic E-state index is 0.443. The van der Waals surface area contributed by atoms with Crippen LogP contribution in [0.3, 0.4) is 0 Å². The molecule has 1 rings (SSSR count). The number of hydrogen-bond acceptors (Lipinski definition) is 3. The van der Waals surface area contributed by atoms with Crippen LogP contribution in [0.15, 0.2) is 12.1 Å². The molecule has 0 amide bonds. The van der Waals surface area contributed by atoms with E-state index in [0.717, 1.165) is 5.56 Å².